The van der Waals surface area contributed by atoms with Crippen LogP contribution in [0.4, 0.5) is 0 Å². The number of aromatic nitrogens is 2. The van der Waals surface area contributed by atoms with Gasteiger partial charge in [-0.15, -0.1) is 0 Å². The van der Waals surface area contributed by atoms with Crippen molar-refractivity contribution in [3.8, 4) is 0 Å². The molecule has 0 amide bonds. The molecule has 0 spiro atoms. The summed E-state index contributed by atoms with van der Waals surface area (Å²) in [6.07, 6.45) is 3.87. The topological polar surface area (TPSA) is 123 Å². The molecule has 0 aliphatic carbocycles. The van der Waals surface area contributed by atoms with E-state index in [0.717, 1.165) is 0 Å². The highest BCUT2D eigenvalue weighted by Crippen LogP contribution is 2.07. The zero-order valence-corrected chi connectivity index (χ0v) is 11.1. The Morgan fingerprint density at radius 3 is 2.83 bits per heavy atom. The molecule has 18 heavy (non-hydrogen) atoms. The van der Waals surface area contributed by atoms with Gasteiger partial charge in [0.25, 0.3) is 10.0 Å². The van der Waals surface area contributed by atoms with Crippen LogP contribution >= 0.6 is 0 Å². The van der Waals surface area contributed by atoms with Crippen LogP contribution in [0.2, 0.25) is 0 Å². The summed E-state index contributed by atoms with van der Waals surface area (Å²) in [6, 6.07) is -0.744. The summed E-state index contributed by atoms with van der Waals surface area (Å²) in [5.74, 6) is -0.170. The Bertz CT molecular complexity index is 522. The number of nitrogens with two attached hydrogens (primary N) is 1. The maximum Gasteiger partial charge on any atom is 0.260 e. The minimum atomic E-state index is -3.77. The highest BCUT2D eigenvalue weighted by Gasteiger charge is 2.24. The van der Waals surface area contributed by atoms with Crippen molar-refractivity contribution < 1.29 is 13.6 Å². The molecule has 0 saturated heterocycles. The molecule has 1 aromatic rings. The lowest BCUT2D eigenvalue weighted by molar-refractivity contribution is 0.315. The Morgan fingerprint density at radius 2 is 2.39 bits per heavy atom. The smallest absolute Gasteiger partial charge is 0.260 e. The molecule has 1 aromatic heterocycles. The predicted molar refractivity (Wildman–Crippen MR) is 65.6 cm³/mol. The highest BCUT2D eigenvalue weighted by atomic mass is 32.2. The van der Waals surface area contributed by atoms with E-state index in [4.69, 9.17) is 10.9 Å². The lowest BCUT2D eigenvalue weighted by Crippen LogP contribution is -2.44. The third-order valence-electron chi connectivity index (χ3n) is 2.30. The zero-order valence-electron chi connectivity index (χ0n) is 10.2. The van der Waals surface area contributed by atoms with Crippen LogP contribution in [-0.2, 0) is 17.1 Å². The largest absolute Gasteiger partial charge is 0.409 e. The van der Waals surface area contributed by atoms with E-state index in [-0.39, 0.29) is 10.9 Å². The number of sulfonamides is 1. The van der Waals surface area contributed by atoms with E-state index >= 15 is 0 Å². The summed E-state index contributed by atoms with van der Waals surface area (Å²) in [5.41, 5.74) is 5.44. The van der Waals surface area contributed by atoms with E-state index in [9.17, 15) is 8.42 Å². The molecule has 0 bridgehead atoms. The molecule has 0 saturated carbocycles. The van der Waals surface area contributed by atoms with Gasteiger partial charge in [-0.3, -0.25) is 0 Å². The van der Waals surface area contributed by atoms with Gasteiger partial charge in [-0.1, -0.05) is 18.5 Å². The second kappa shape index (κ2) is 5.83. The first kappa shape index (κ1) is 14.5. The fraction of sp³-hybridized carbons (Fsp3) is 0.556. The average Bonchev–Trinajstić information content (AvgIpc) is 2.75. The van der Waals surface area contributed by atoms with Crippen molar-refractivity contribution in [2.45, 2.75) is 30.8 Å². The van der Waals surface area contributed by atoms with E-state index < -0.39 is 16.1 Å². The van der Waals surface area contributed by atoms with Crippen LogP contribution in [-0.4, -0.2) is 35.1 Å². The van der Waals surface area contributed by atoms with Crippen molar-refractivity contribution >= 4 is 15.9 Å². The fourth-order valence-electron chi connectivity index (χ4n) is 1.40. The molecule has 9 heteroatoms. The van der Waals surface area contributed by atoms with Gasteiger partial charge in [-0.25, -0.2) is 13.4 Å². The number of imidazole rings is 1. The van der Waals surface area contributed by atoms with Gasteiger partial charge in [0.15, 0.2) is 10.9 Å². The summed E-state index contributed by atoms with van der Waals surface area (Å²) in [5, 5.41) is 11.3. The lowest BCUT2D eigenvalue weighted by Gasteiger charge is -2.15. The van der Waals surface area contributed by atoms with E-state index in [2.05, 4.69) is 14.9 Å². The molecule has 102 valence electrons. The van der Waals surface area contributed by atoms with Crippen LogP contribution < -0.4 is 10.5 Å². The maximum absolute atomic E-state index is 12.0. The minimum absolute atomic E-state index is 0.100. The molecule has 0 aliphatic rings. The van der Waals surface area contributed by atoms with Crippen LogP contribution in [0.3, 0.4) is 0 Å². The number of nitrogens with one attached hydrogen (secondary N) is 1. The number of nitrogens with zero attached hydrogens (tertiary/aromatic N) is 3. The summed E-state index contributed by atoms with van der Waals surface area (Å²) < 4.78 is 27.8. The first-order chi connectivity index (χ1) is 8.40. The predicted octanol–water partition coefficient (Wildman–Crippen LogP) is -0.386. The van der Waals surface area contributed by atoms with Crippen LogP contribution in [0, 0.1) is 0 Å². The zero-order chi connectivity index (χ0) is 13.8. The van der Waals surface area contributed by atoms with Crippen molar-refractivity contribution in [1.82, 2.24) is 14.3 Å². The Kier molecular flexibility index (Phi) is 4.68. The number of amidine groups is 1. The Balaban J connectivity index is 2.93. The second-order valence-electron chi connectivity index (χ2n) is 3.86. The summed E-state index contributed by atoms with van der Waals surface area (Å²) in [7, 11) is -2.10. The minimum Gasteiger partial charge on any atom is -0.409 e. The monoisotopic (exact) mass is 275 g/mol. The molecule has 0 fully saturated rings. The molecule has 1 heterocycles. The summed E-state index contributed by atoms with van der Waals surface area (Å²) in [4.78, 5) is 3.76. The van der Waals surface area contributed by atoms with Gasteiger partial charge in [-0.2, -0.15) is 4.72 Å². The second-order valence-corrected chi connectivity index (χ2v) is 5.53. The molecule has 0 radical (unpaired) electrons. The highest BCUT2D eigenvalue weighted by molar-refractivity contribution is 7.89. The third-order valence-corrected chi connectivity index (χ3v) is 3.66. The number of oxime groups is 1. The van der Waals surface area contributed by atoms with Crippen LogP contribution in [0.5, 0.6) is 0 Å². The first-order valence-corrected chi connectivity index (χ1v) is 6.86. The number of hydrogen-bond donors (Lipinski definition) is 3. The van der Waals surface area contributed by atoms with Crippen LogP contribution in [0.25, 0.3) is 0 Å². The van der Waals surface area contributed by atoms with Gasteiger partial charge in [-0.05, 0) is 6.42 Å². The summed E-state index contributed by atoms with van der Waals surface area (Å²) >= 11 is 0. The van der Waals surface area contributed by atoms with Crippen LogP contribution in [0.15, 0.2) is 22.7 Å². The normalized spacial score (nSPS) is 14.7. The summed E-state index contributed by atoms with van der Waals surface area (Å²) in [6.45, 7) is 1.87. The fourth-order valence-corrected chi connectivity index (χ4v) is 2.63. The maximum atomic E-state index is 12.0. The molecule has 1 atom stereocenters. The van der Waals surface area contributed by atoms with Gasteiger partial charge in [0.1, 0.15) is 0 Å². The number of aryl methyl sites for hydroxylation is 1. The van der Waals surface area contributed by atoms with Crippen LogP contribution in [0.1, 0.15) is 19.8 Å². The number of rotatable bonds is 6. The molecule has 0 aliphatic heterocycles. The van der Waals surface area contributed by atoms with Gasteiger partial charge in [0.05, 0.1) is 12.4 Å². The average molecular weight is 275 g/mol. The lowest BCUT2D eigenvalue weighted by atomic mass is 10.2. The molecule has 1 rings (SSSR count). The van der Waals surface area contributed by atoms with E-state index in [1.165, 1.54) is 17.1 Å². The van der Waals surface area contributed by atoms with Crippen molar-refractivity contribution in [1.29, 1.82) is 0 Å². The molecule has 0 aromatic carbocycles. The SMILES string of the molecule is CCCC(NS(=O)(=O)c1cn(C)cn1)C(N)=NO. The quantitative estimate of drug-likeness (QED) is 0.282. The first-order valence-electron chi connectivity index (χ1n) is 5.38. The van der Waals surface area contributed by atoms with Crippen molar-refractivity contribution in [2.24, 2.45) is 17.9 Å². The van der Waals surface area contributed by atoms with E-state index in [1.807, 2.05) is 6.92 Å². The van der Waals surface area contributed by atoms with E-state index in [0.29, 0.717) is 12.8 Å². The molecule has 1 unspecified atom stereocenters. The van der Waals surface area contributed by atoms with Gasteiger partial charge in [0.2, 0.25) is 0 Å². The van der Waals surface area contributed by atoms with E-state index in [1.54, 1.807) is 7.05 Å². The Labute approximate surface area is 106 Å². The van der Waals surface area contributed by atoms with Crippen molar-refractivity contribution in [3.05, 3.63) is 12.5 Å². The molecule has 8 nitrogen and oxygen atoms in total. The standard InChI is InChI=1S/C9H17N5O3S/c1-3-4-7(9(10)12-15)13-18(16,17)8-5-14(2)6-11-8/h5-7,13,15H,3-4H2,1-2H3,(H2,10,12). The Morgan fingerprint density at radius 1 is 1.72 bits per heavy atom. The number of hydrogen-bond acceptors (Lipinski definition) is 5. The third kappa shape index (κ3) is 3.44. The van der Waals surface area contributed by atoms with Crippen molar-refractivity contribution in [2.75, 3.05) is 0 Å². The molecular weight excluding hydrogens is 258 g/mol. The van der Waals surface area contributed by atoms with Gasteiger partial charge < -0.3 is 15.5 Å². The molecule has 4 N–H and O–H groups in total. The van der Waals surface area contributed by atoms with Gasteiger partial charge in [0, 0.05) is 13.2 Å². The Hall–Kier alpha value is -1.61. The molecular formula is C9H17N5O3S. The van der Waals surface area contributed by atoms with Gasteiger partial charge >= 0.3 is 0 Å². The van der Waals surface area contributed by atoms with Crippen molar-refractivity contribution in [3.63, 3.8) is 0 Å².